The van der Waals surface area contributed by atoms with E-state index in [-0.39, 0.29) is 0 Å². The third-order valence-electron chi connectivity index (χ3n) is 7.67. The smallest absolute Gasteiger partial charge is 0.123 e. The summed E-state index contributed by atoms with van der Waals surface area (Å²) in [5, 5.41) is 7.86. The Labute approximate surface area is 187 Å². The van der Waals surface area contributed by atoms with Crippen LogP contribution in [0.2, 0.25) is 0 Å². The minimum absolute atomic E-state index is 0.352. The first-order valence-electron chi connectivity index (χ1n) is 12.1. The van der Waals surface area contributed by atoms with Crippen LogP contribution in [0.15, 0.2) is 42.5 Å². The van der Waals surface area contributed by atoms with Gasteiger partial charge in [-0.1, -0.05) is 43.7 Å². The predicted molar refractivity (Wildman–Crippen MR) is 128 cm³/mol. The van der Waals surface area contributed by atoms with Crippen molar-refractivity contribution in [2.24, 2.45) is 5.92 Å². The zero-order chi connectivity index (χ0) is 21.4. The quantitative estimate of drug-likeness (QED) is 0.662. The van der Waals surface area contributed by atoms with Gasteiger partial charge in [-0.3, -0.25) is 0 Å². The van der Waals surface area contributed by atoms with Crippen molar-refractivity contribution < 1.29 is 4.74 Å². The minimum atomic E-state index is 0.352. The van der Waals surface area contributed by atoms with E-state index in [0.717, 1.165) is 24.1 Å². The highest BCUT2D eigenvalue weighted by molar-refractivity contribution is 5.64. The fourth-order valence-electron chi connectivity index (χ4n) is 5.89. The number of anilines is 1. The molecule has 0 aromatic heterocycles. The third kappa shape index (κ3) is 4.20. The van der Waals surface area contributed by atoms with Crippen LogP contribution in [0.3, 0.4) is 0 Å². The Bertz CT molecular complexity index is 899. The molecule has 5 rings (SSSR count). The summed E-state index contributed by atoms with van der Waals surface area (Å²) in [7, 11) is 4.05. The van der Waals surface area contributed by atoms with Crippen molar-refractivity contribution in [2.45, 2.75) is 69.6 Å². The lowest BCUT2D eigenvalue weighted by Gasteiger charge is -2.39. The maximum absolute atomic E-state index is 5.84. The van der Waals surface area contributed by atoms with Gasteiger partial charge in [0.2, 0.25) is 0 Å². The van der Waals surface area contributed by atoms with Crippen molar-refractivity contribution in [3.63, 3.8) is 0 Å². The average molecular weight is 420 g/mol. The van der Waals surface area contributed by atoms with E-state index in [1.165, 1.54) is 61.0 Å². The van der Waals surface area contributed by atoms with E-state index in [2.05, 4.69) is 72.0 Å². The summed E-state index contributed by atoms with van der Waals surface area (Å²) in [6.07, 6.45) is 6.27. The lowest BCUT2D eigenvalue weighted by molar-refractivity contribution is 0.242. The summed E-state index contributed by atoms with van der Waals surface area (Å²) in [5.41, 5.74) is 5.55. The Morgan fingerprint density at radius 2 is 2.00 bits per heavy atom. The maximum Gasteiger partial charge on any atom is 0.123 e. The highest BCUT2D eigenvalue weighted by Crippen LogP contribution is 2.55. The second kappa shape index (κ2) is 8.84. The van der Waals surface area contributed by atoms with Crippen molar-refractivity contribution in [3.8, 4) is 5.75 Å². The molecule has 2 aliphatic heterocycles. The van der Waals surface area contributed by atoms with Gasteiger partial charge in [0.15, 0.2) is 0 Å². The van der Waals surface area contributed by atoms with E-state index in [1.807, 2.05) is 7.11 Å². The average Bonchev–Trinajstić information content (AvgIpc) is 3.58. The standard InChI is InChI=1S/C27H37N3O/c1-4-8-21-11-12-24(27(29-21)18-9-6-5-7-10-18)28-16-19-14-25-23(15-26(19)31-3)22-13-20(22)17-30(25)2/h5-7,9-10,14-15,20-22,24,27-29H,4,8,11-13,16-17H2,1-3H3. The summed E-state index contributed by atoms with van der Waals surface area (Å²) in [6.45, 7) is 4.32. The van der Waals surface area contributed by atoms with Crippen LogP contribution in [-0.4, -0.2) is 32.8 Å². The molecule has 1 aliphatic carbocycles. The van der Waals surface area contributed by atoms with Gasteiger partial charge >= 0.3 is 0 Å². The van der Waals surface area contributed by atoms with Crippen molar-refractivity contribution in [3.05, 3.63) is 59.2 Å². The lowest BCUT2D eigenvalue weighted by atomic mass is 9.87. The maximum atomic E-state index is 5.84. The number of fused-ring (bicyclic) bond motifs is 3. The fourth-order valence-corrected chi connectivity index (χ4v) is 5.89. The molecule has 0 bridgehead atoms. The van der Waals surface area contributed by atoms with Crippen LogP contribution >= 0.6 is 0 Å². The SMILES string of the molecule is CCCC1CCC(NCc2cc3c(cc2OC)C2CC2CN3C)C(c2ccccc2)N1. The first kappa shape index (κ1) is 20.8. The highest BCUT2D eigenvalue weighted by atomic mass is 16.5. The number of nitrogens with one attached hydrogen (secondary N) is 2. The zero-order valence-corrected chi connectivity index (χ0v) is 19.2. The second-order valence-corrected chi connectivity index (χ2v) is 9.81. The van der Waals surface area contributed by atoms with Crippen LogP contribution in [0.4, 0.5) is 5.69 Å². The summed E-state index contributed by atoms with van der Waals surface area (Å²) >= 11 is 0. The topological polar surface area (TPSA) is 36.5 Å². The number of hydrogen-bond donors (Lipinski definition) is 2. The third-order valence-corrected chi connectivity index (χ3v) is 7.67. The summed E-state index contributed by atoms with van der Waals surface area (Å²) < 4.78 is 5.84. The molecule has 0 radical (unpaired) electrons. The summed E-state index contributed by atoms with van der Waals surface area (Å²) in [5.74, 6) is 2.64. The zero-order valence-electron chi connectivity index (χ0n) is 19.2. The predicted octanol–water partition coefficient (Wildman–Crippen LogP) is 5.00. The molecule has 5 atom stereocenters. The van der Waals surface area contributed by atoms with Gasteiger partial charge in [0, 0.05) is 49.5 Å². The molecule has 3 aliphatic rings. The number of methoxy groups -OCH3 is 1. The van der Waals surface area contributed by atoms with E-state index in [4.69, 9.17) is 4.74 Å². The molecule has 2 heterocycles. The van der Waals surface area contributed by atoms with Gasteiger partial charge in [-0.05, 0) is 60.8 Å². The van der Waals surface area contributed by atoms with E-state index in [1.54, 1.807) is 0 Å². The second-order valence-electron chi connectivity index (χ2n) is 9.81. The van der Waals surface area contributed by atoms with Crippen LogP contribution in [0.25, 0.3) is 0 Å². The molecule has 31 heavy (non-hydrogen) atoms. The van der Waals surface area contributed by atoms with Gasteiger partial charge in [-0.25, -0.2) is 0 Å². The lowest BCUT2D eigenvalue weighted by Crippen LogP contribution is -2.50. The molecule has 5 unspecified atom stereocenters. The van der Waals surface area contributed by atoms with Crippen LogP contribution in [0.5, 0.6) is 5.75 Å². The Kier molecular flexibility index (Phi) is 5.94. The Morgan fingerprint density at radius 3 is 2.77 bits per heavy atom. The Morgan fingerprint density at radius 1 is 1.16 bits per heavy atom. The number of piperidine rings is 1. The van der Waals surface area contributed by atoms with Gasteiger partial charge in [-0.2, -0.15) is 0 Å². The highest BCUT2D eigenvalue weighted by Gasteiger charge is 2.44. The number of nitrogens with zero attached hydrogens (tertiary/aromatic N) is 1. The molecule has 1 saturated carbocycles. The molecule has 2 aromatic rings. The molecule has 1 saturated heterocycles. The van der Waals surface area contributed by atoms with E-state index in [0.29, 0.717) is 18.1 Å². The van der Waals surface area contributed by atoms with Gasteiger partial charge in [-0.15, -0.1) is 0 Å². The first-order chi connectivity index (χ1) is 15.2. The van der Waals surface area contributed by atoms with Crippen LogP contribution in [0.1, 0.15) is 67.7 Å². The molecule has 0 amide bonds. The number of hydrogen-bond acceptors (Lipinski definition) is 4. The Hall–Kier alpha value is -2.04. The van der Waals surface area contributed by atoms with Crippen molar-refractivity contribution in [1.82, 2.24) is 10.6 Å². The molecular weight excluding hydrogens is 382 g/mol. The number of rotatable bonds is 7. The van der Waals surface area contributed by atoms with Gasteiger partial charge < -0.3 is 20.3 Å². The molecule has 2 fully saturated rings. The number of benzene rings is 2. The molecule has 4 heteroatoms. The summed E-state index contributed by atoms with van der Waals surface area (Å²) in [6, 6.07) is 17.0. The van der Waals surface area contributed by atoms with E-state index >= 15 is 0 Å². The first-order valence-corrected chi connectivity index (χ1v) is 12.1. The van der Waals surface area contributed by atoms with Gasteiger partial charge in [0.25, 0.3) is 0 Å². The van der Waals surface area contributed by atoms with Crippen LogP contribution in [-0.2, 0) is 6.54 Å². The molecule has 0 spiro atoms. The van der Waals surface area contributed by atoms with Gasteiger partial charge in [0.1, 0.15) is 5.75 Å². The Balaban J connectivity index is 1.35. The molecule has 4 nitrogen and oxygen atoms in total. The number of ether oxygens (including phenoxy) is 1. The van der Waals surface area contributed by atoms with E-state index in [9.17, 15) is 0 Å². The normalized spacial score (nSPS) is 29.3. The molecule has 2 N–H and O–H groups in total. The van der Waals surface area contributed by atoms with Crippen molar-refractivity contribution in [2.75, 3.05) is 25.6 Å². The molecular formula is C27H37N3O. The van der Waals surface area contributed by atoms with Gasteiger partial charge in [0.05, 0.1) is 7.11 Å². The molecule has 166 valence electrons. The fraction of sp³-hybridized carbons (Fsp3) is 0.556. The van der Waals surface area contributed by atoms with Crippen molar-refractivity contribution >= 4 is 5.69 Å². The summed E-state index contributed by atoms with van der Waals surface area (Å²) in [4.78, 5) is 2.44. The minimum Gasteiger partial charge on any atom is -0.496 e. The van der Waals surface area contributed by atoms with Crippen LogP contribution < -0.4 is 20.3 Å². The largest absolute Gasteiger partial charge is 0.496 e. The monoisotopic (exact) mass is 419 g/mol. The van der Waals surface area contributed by atoms with E-state index < -0.39 is 0 Å². The van der Waals surface area contributed by atoms with Crippen molar-refractivity contribution in [1.29, 1.82) is 0 Å². The molecule has 2 aromatic carbocycles. The van der Waals surface area contributed by atoms with Crippen LogP contribution in [0, 0.1) is 5.92 Å².